The zero-order valence-corrected chi connectivity index (χ0v) is 11.0. The van der Waals surface area contributed by atoms with Gasteiger partial charge >= 0.3 is 5.97 Å². The van der Waals surface area contributed by atoms with Crippen LogP contribution in [-0.2, 0) is 4.74 Å². The number of hydrogen-bond donors (Lipinski definition) is 2. The summed E-state index contributed by atoms with van der Waals surface area (Å²) in [5, 5.41) is 23.0. The van der Waals surface area contributed by atoms with Crippen molar-refractivity contribution in [3.8, 4) is 0 Å². The number of benzene rings is 1. The van der Waals surface area contributed by atoms with Gasteiger partial charge < -0.3 is 15.2 Å². The zero-order valence-electron chi connectivity index (χ0n) is 11.0. The van der Waals surface area contributed by atoms with Gasteiger partial charge in [-0.3, -0.25) is 10.1 Å². The van der Waals surface area contributed by atoms with Crippen LogP contribution in [0.1, 0.15) is 23.7 Å². The van der Waals surface area contributed by atoms with Gasteiger partial charge in [0.15, 0.2) is 0 Å². The van der Waals surface area contributed by atoms with Crippen molar-refractivity contribution in [2.24, 2.45) is 5.92 Å². The minimum absolute atomic E-state index is 0.0594. The van der Waals surface area contributed by atoms with E-state index in [2.05, 4.69) is 5.32 Å². The van der Waals surface area contributed by atoms with E-state index in [1.165, 1.54) is 18.2 Å². The number of nitrogens with one attached hydrogen (secondary N) is 1. The molecule has 1 aromatic rings. The van der Waals surface area contributed by atoms with Gasteiger partial charge in [-0.2, -0.15) is 0 Å². The SMILES string of the molecule is CC1OCCC1CNc1c(C(=O)O)cccc1[N+](=O)[O-]. The lowest BCUT2D eigenvalue weighted by atomic mass is 10.0. The summed E-state index contributed by atoms with van der Waals surface area (Å²) in [7, 11) is 0. The third kappa shape index (κ3) is 2.88. The maximum atomic E-state index is 11.2. The van der Waals surface area contributed by atoms with Gasteiger partial charge in [-0.1, -0.05) is 6.07 Å². The molecule has 0 aliphatic carbocycles. The molecule has 7 heteroatoms. The molecule has 1 aliphatic heterocycles. The van der Waals surface area contributed by atoms with Crippen molar-refractivity contribution < 1.29 is 19.6 Å². The fourth-order valence-electron chi connectivity index (χ4n) is 2.33. The molecule has 1 saturated heterocycles. The molecule has 2 N–H and O–H groups in total. The van der Waals surface area contributed by atoms with Crippen LogP contribution in [0.5, 0.6) is 0 Å². The van der Waals surface area contributed by atoms with Gasteiger partial charge in [-0.15, -0.1) is 0 Å². The summed E-state index contributed by atoms with van der Waals surface area (Å²) < 4.78 is 5.42. The molecule has 0 spiro atoms. The number of nitro groups is 1. The molecule has 2 atom stereocenters. The quantitative estimate of drug-likeness (QED) is 0.632. The highest BCUT2D eigenvalue weighted by Crippen LogP contribution is 2.30. The van der Waals surface area contributed by atoms with Gasteiger partial charge in [0.2, 0.25) is 0 Å². The number of rotatable bonds is 5. The Hall–Kier alpha value is -2.15. The van der Waals surface area contributed by atoms with E-state index in [1.807, 2.05) is 6.92 Å². The fraction of sp³-hybridized carbons (Fsp3) is 0.462. The Balaban J connectivity index is 2.24. The molecule has 0 bridgehead atoms. The van der Waals surface area contributed by atoms with Crippen LogP contribution in [-0.4, -0.2) is 35.3 Å². The number of nitro benzene ring substituents is 1. The maximum absolute atomic E-state index is 11.2. The Morgan fingerprint density at radius 1 is 1.60 bits per heavy atom. The lowest BCUT2D eigenvalue weighted by Gasteiger charge is -2.16. The topological polar surface area (TPSA) is 102 Å². The molecule has 1 aromatic carbocycles. The molecule has 0 aromatic heterocycles. The monoisotopic (exact) mass is 280 g/mol. The van der Waals surface area contributed by atoms with Crippen molar-refractivity contribution in [3.05, 3.63) is 33.9 Å². The third-order valence-electron chi connectivity index (χ3n) is 3.54. The van der Waals surface area contributed by atoms with E-state index >= 15 is 0 Å². The molecule has 1 aliphatic rings. The number of anilines is 1. The second-order valence-corrected chi connectivity index (χ2v) is 4.77. The number of aromatic carboxylic acids is 1. The van der Waals surface area contributed by atoms with E-state index in [0.717, 1.165) is 6.42 Å². The first-order chi connectivity index (χ1) is 9.50. The molecule has 1 fully saturated rings. The molecular weight excluding hydrogens is 264 g/mol. The molecule has 2 rings (SSSR count). The lowest BCUT2D eigenvalue weighted by molar-refractivity contribution is -0.384. The largest absolute Gasteiger partial charge is 0.478 e. The van der Waals surface area contributed by atoms with Crippen LogP contribution >= 0.6 is 0 Å². The number of hydrogen-bond acceptors (Lipinski definition) is 5. The standard InChI is InChI=1S/C13H16N2O5/c1-8-9(5-6-20-8)7-14-12-10(13(16)17)3-2-4-11(12)15(18)19/h2-4,8-9,14H,5-7H2,1H3,(H,16,17). The van der Waals surface area contributed by atoms with Gasteiger partial charge in [-0.25, -0.2) is 4.79 Å². The highest BCUT2D eigenvalue weighted by atomic mass is 16.6. The molecule has 20 heavy (non-hydrogen) atoms. The summed E-state index contributed by atoms with van der Waals surface area (Å²) in [6.07, 6.45) is 0.926. The Kier molecular flexibility index (Phi) is 4.19. The van der Waals surface area contributed by atoms with Crippen molar-refractivity contribution in [1.29, 1.82) is 0 Å². The Bertz CT molecular complexity index is 499. The third-order valence-corrected chi connectivity index (χ3v) is 3.54. The van der Waals surface area contributed by atoms with Crippen LogP contribution in [0, 0.1) is 16.0 Å². The number of carboxylic acid groups (broad SMARTS) is 1. The second-order valence-electron chi connectivity index (χ2n) is 4.77. The minimum Gasteiger partial charge on any atom is -0.478 e. The van der Waals surface area contributed by atoms with Crippen molar-refractivity contribution in [2.75, 3.05) is 18.5 Å². The molecule has 2 unspecified atom stereocenters. The number of carbonyl (C=O) groups is 1. The molecule has 108 valence electrons. The van der Waals surface area contributed by atoms with Gasteiger partial charge in [0.1, 0.15) is 5.69 Å². The number of nitrogens with zero attached hydrogens (tertiary/aromatic N) is 1. The van der Waals surface area contributed by atoms with Crippen LogP contribution in [0.15, 0.2) is 18.2 Å². The molecular formula is C13H16N2O5. The molecule has 0 amide bonds. The maximum Gasteiger partial charge on any atom is 0.338 e. The summed E-state index contributed by atoms with van der Waals surface area (Å²) in [5.74, 6) is -0.969. The summed E-state index contributed by atoms with van der Waals surface area (Å²) in [4.78, 5) is 21.6. The van der Waals surface area contributed by atoms with E-state index in [1.54, 1.807) is 0 Å². The highest BCUT2D eigenvalue weighted by Gasteiger charge is 2.26. The van der Waals surface area contributed by atoms with Crippen LogP contribution in [0.4, 0.5) is 11.4 Å². The first-order valence-electron chi connectivity index (χ1n) is 6.37. The van der Waals surface area contributed by atoms with E-state index < -0.39 is 10.9 Å². The number of carboxylic acids is 1. The van der Waals surface area contributed by atoms with Gasteiger partial charge in [0.05, 0.1) is 16.6 Å². The number of ether oxygens (including phenoxy) is 1. The van der Waals surface area contributed by atoms with Crippen LogP contribution in [0.25, 0.3) is 0 Å². The molecule has 7 nitrogen and oxygen atoms in total. The predicted octanol–water partition coefficient (Wildman–Crippen LogP) is 2.13. The van der Waals surface area contributed by atoms with Crippen LogP contribution < -0.4 is 5.32 Å². The van der Waals surface area contributed by atoms with Crippen LogP contribution in [0.2, 0.25) is 0 Å². The lowest BCUT2D eigenvalue weighted by Crippen LogP contribution is -2.22. The molecule has 0 radical (unpaired) electrons. The van der Waals surface area contributed by atoms with Crippen molar-refractivity contribution in [1.82, 2.24) is 0 Å². The Labute approximate surface area is 115 Å². The summed E-state index contributed by atoms with van der Waals surface area (Å²) in [6, 6.07) is 4.02. The summed E-state index contributed by atoms with van der Waals surface area (Å²) in [6.45, 7) is 3.05. The predicted molar refractivity (Wildman–Crippen MR) is 72.1 cm³/mol. The van der Waals surface area contributed by atoms with E-state index in [-0.39, 0.29) is 29.0 Å². The Morgan fingerprint density at radius 3 is 2.90 bits per heavy atom. The van der Waals surface area contributed by atoms with E-state index in [4.69, 9.17) is 9.84 Å². The Morgan fingerprint density at radius 2 is 2.35 bits per heavy atom. The van der Waals surface area contributed by atoms with Gasteiger partial charge in [0.25, 0.3) is 5.69 Å². The van der Waals surface area contributed by atoms with Crippen molar-refractivity contribution >= 4 is 17.3 Å². The van der Waals surface area contributed by atoms with Gasteiger partial charge in [-0.05, 0) is 19.4 Å². The average Bonchev–Trinajstić information content (AvgIpc) is 2.81. The van der Waals surface area contributed by atoms with Crippen molar-refractivity contribution in [3.63, 3.8) is 0 Å². The second kappa shape index (κ2) is 5.87. The average molecular weight is 280 g/mol. The minimum atomic E-state index is -1.19. The van der Waals surface area contributed by atoms with Gasteiger partial charge in [0, 0.05) is 25.1 Å². The first kappa shape index (κ1) is 14.3. The van der Waals surface area contributed by atoms with E-state index in [9.17, 15) is 14.9 Å². The highest BCUT2D eigenvalue weighted by molar-refractivity contribution is 5.96. The van der Waals surface area contributed by atoms with Crippen LogP contribution in [0.3, 0.4) is 0 Å². The first-order valence-corrected chi connectivity index (χ1v) is 6.37. The smallest absolute Gasteiger partial charge is 0.338 e. The van der Waals surface area contributed by atoms with Crippen molar-refractivity contribution in [2.45, 2.75) is 19.4 Å². The molecule has 1 heterocycles. The molecule has 0 saturated carbocycles. The fourth-order valence-corrected chi connectivity index (χ4v) is 2.33. The van der Waals surface area contributed by atoms with E-state index in [0.29, 0.717) is 13.2 Å². The summed E-state index contributed by atoms with van der Waals surface area (Å²) in [5.41, 5.74) is -0.258. The normalized spacial score (nSPS) is 21.6. The number of para-hydroxylation sites is 1. The zero-order chi connectivity index (χ0) is 14.7. The summed E-state index contributed by atoms with van der Waals surface area (Å²) >= 11 is 0.